The van der Waals surface area contributed by atoms with Crippen LogP contribution >= 0.6 is 34.8 Å². The highest BCUT2D eigenvalue weighted by Crippen LogP contribution is 2.35. The highest BCUT2D eigenvalue weighted by Gasteiger charge is 2.07. The van der Waals surface area contributed by atoms with E-state index in [0.29, 0.717) is 32.1 Å². The number of carbonyl (C=O) groups is 1. The lowest BCUT2D eigenvalue weighted by Crippen LogP contribution is -1.88. The molecule has 0 saturated carbocycles. The smallest absolute Gasteiger partial charge is 0.328 e. The summed E-state index contributed by atoms with van der Waals surface area (Å²) in [4.78, 5) is 10.5. The number of aliphatic carboxylic acids is 1. The molecule has 0 bridgehead atoms. The van der Waals surface area contributed by atoms with E-state index in [2.05, 4.69) is 0 Å². The van der Waals surface area contributed by atoms with Gasteiger partial charge in [-0.3, -0.25) is 0 Å². The number of halogens is 3. The van der Waals surface area contributed by atoms with Gasteiger partial charge in [0.2, 0.25) is 0 Å². The summed E-state index contributed by atoms with van der Waals surface area (Å²) >= 11 is 17.9. The lowest BCUT2D eigenvalue weighted by molar-refractivity contribution is -0.131. The second-order valence-corrected chi connectivity index (χ2v) is 5.29. The summed E-state index contributed by atoms with van der Waals surface area (Å²) in [7, 11) is 0. The fourth-order valence-electron chi connectivity index (χ4n) is 1.55. The largest absolute Gasteiger partial charge is 0.478 e. The molecule has 0 radical (unpaired) electrons. The highest BCUT2D eigenvalue weighted by molar-refractivity contribution is 6.35. The van der Waals surface area contributed by atoms with Crippen LogP contribution in [-0.2, 0) is 4.79 Å². The minimum atomic E-state index is -1.03. The van der Waals surface area contributed by atoms with Gasteiger partial charge < -0.3 is 9.84 Å². The summed E-state index contributed by atoms with van der Waals surface area (Å²) in [6, 6.07) is 9.77. The SMILES string of the molecule is O=C(O)/C=C/c1ccc(Oc2ccc(Cl)cc2Cl)c(Cl)c1. The van der Waals surface area contributed by atoms with Gasteiger partial charge in [0.05, 0.1) is 10.0 Å². The molecule has 0 fully saturated rings. The highest BCUT2D eigenvalue weighted by atomic mass is 35.5. The molecule has 0 atom stereocenters. The van der Waals surface area contributed by atoms with E-state index < -0.39 is 5.97 Å². The molecule has 0 spiro atoms. The van der Waals surface area contributed by atoms with Gasteiger partial charge in [-0.15, -0.1) is 0 Å². The fourth-order valence-corrected chi connectivity index (χ4v) is 2.22. The number of carboxylic acids is 1. The lowest BCUT2D eigenvalue weighted by atomic mass is 10.2. The van der Waals surface area contributed by atoms with Crippen molar-refractivity contribution in [3.63, 3.8) is 0 Å². The predicted octanol–water partition coefficient (Wildman–Crippen LogP) is 5.54. The number of ether oxygens (including phenoxy) is 1. The van der Waals surface area contributed by atoms with Crippen molar-refractivity contribution in [2.75, 3.05) is 0 Å². The minimum absolute atomic E-state index is 0.341. The third-order valence-electron chi connectivity index (χ3n) is 2.49. The average Bonchev–Trinajstić information content (AvgIpc) is 2.42. The second kappa shape index (κ2) is 6.85. The van der Waals surface area contributed by atoms with E-state index in [-0.39, 0.29) is 0 Å². The maximum absolute atomic E-state index is 10.5. The Balaban J connectivity index is 2.23. The molecule has 1 N–H and O–H groups in total. The Morgan fingerprint density at radius 2 is 1.62 bits per heavy atom. The van der Waals surface area contributed by atoms with Gasteiger partial charge in [0.15, 0.2) is 0 Å². The molecule has 0 aliphatic carbocycles. The lowest BCUT2D eigenvalue weighted by Gasteiger charge is -2.09. The van der Waals surface area contributed by atoms with Crippen LogP contribution in [0.1, 0.15) is 5.56 Å². The molecule has 0 heterocycles. The van der Waals surface area contributed by atoms with Gasteiger partial charge in [-0.25, -0.2) is 4.79 Å². The summed E-state index contributed by atoms with van der Waals surface area (Å²) in [5.41, 5.74) is 0.650. The van der Waals surface area contributed by atoms with Crippen LogP contribution in [0.4, 0.5) is 0 Å². The number of rotatable bonds is 4. The monoisotopic (exact) mass is 342 g/mol. The van der Waals surface area contributed by atoms with E-state index in [9.17, 15) is 4.79 Å². The first-order valence-corrected chi connectivity index (χ1v) is 6.92. The van der Waals surface area contributed by atoms with Crippen LogP contribution in [-0.4, -0.2) is 11.1 Å². The molecule has 21 heavy (non-hydrogen) atoms. The third kappa shape index (κ3) is 4.39. The molecule has 2 aromatic carbocycles. The van der Waals surface area contributed by atoms with Gasteiger partial charge in [-0.05, 0) is 42.0 Å². The minimum Gasteiger partial charge on any atom is -0.478 e. The molecule has 0 aliphatic heterocycles. The maximum atomic E-state index is 10.5. The average molecular weight is 344 g/mol. The van der Waals surface area contributed by atoms with Crippen molar-refractivity contribution in [2.45, 2.75) is 0 Å². The van der Waals surface area contributed by atoms with Crippen LogP contribution in [0, 0.1) is 0 Å². The van der Waals surface area contributed by atoms with Crippen molar-refractivity contribution in [1.82, 2.24) is 0 Å². The first-order chi connectivity index (χ1) is 9.95. The Morgan fingerprint density at radius 1 is 1.00 bits per heavy atom. The fraction of sp³-hybridized carbons (Fsp3) is 0. The first-order valence-electron chi connectivity index (χ1n) is 5.79. The van der Waals surface area contributed by atoms with E-state index in [1.165, 1.54) is 6.08 Å². The maximum Gasteiger partial charge on any atom is 0.328 e. The van der Waals surface area contributed by atoms with Crippen molar-refractivity contribution in [1.29, 1.82) is 0 Å². The van der Waals surface area contributed by atoms with Crippen molar-refractivity contribution in [2.24, 2.45) is 0 Å². The van der Waals surface area contributed by atoms with Gasteiger partial charge >= 0.3 is 5.97 Å². The zero-order chi connectivity index (χ0) is 15.4. The zero-order valence-electron chi connectivity index (χ0n) is 10.5. The Kier molecular flexibility index (Phi) is 5.12. The number of benzene rings is 2. The van der Waals surface area contributed by atoms with Crippen LogP contribution in [0.25, 0.3) is 6.08 Å². The molecule has 2 aromatic rings. The Hall–Kier alpha value is -1.68. The summed E-state index contributed by atoms with van der Waals surface area (Å²) < 4.78 is 5.61. The van der Waals surface area contributed by atoms with Crippen LogP contribution < -0.4 is 4.74 Å². The van der Waals surface area contributed by atoms with Crippen LogP contribution in [0.15, 0.2) is 42.5 Å². The molecule has 0 saturated heterocycles. The van der Waals surface area contributed by atoms with E-state index in [4.69, 9.17) is 44.6 Å². The topological polar surface area (TPSA) is 46.5 Å². The van der Waals surface area contributed by atoms with Gasteiger partial charge in [-0.2, -0.15) is 0 Å². The normalized spacial score (nSPS) is 10.8. The van der Waals surface area contributed by atoms with E-state index in [0.717, 1.165) is 6.08 Å². The van der Waals surface area contributed by atoms with Crippen molar-refractivity contribution < 1.29 is 14.6 Å². The summed E-state index contributed by atoms with van der Waals surface area (Å²) in [5, 5.41) is 9.79. The van der Waals surface area contributed by atoms with Crippen molar-refractivity contribution >= 4 is 46.8 Å². The van der Waals surface area contributed by atoms with E-state index in [1.807, 2.05) is 0 Å². The Morgan fingerprint density at radius 3 is 2.19 bits per heavy atom. The second-order valence-electron chi connectivity index (χ2n) is 4.04. The first kappa shape index (κ1) is 15.7. The molecule has 2 rings (SSSR count). The molecule has 6 heteroatoms. The van der Waals surface area contributed by atoms with Crippen molar-refractivity contribution in [3.8, 4) is 11.5 Å². The molecule has 0 aliphatic rings. The molecule has 3 nitrogen and oxygen atoms in total. The van der Waals surface area contributed by atoms with Crippen LogP contribution in [0.5, 0.6) is 11.5 Å². The van der Waals surface area contributed by atoms with Crippen LogP contribution in [0.2, 0.25) is 15.1 Å². The van der Waals surface area contributed by atoms with Crippen molar-refractivity contribution in [3.05, 3.63) is 63.1 Å². The van der Waals surface area contributed by atoms with Gasteiger partial charge in [0.25, 0.3) is 0 Å². The van der Waals surface area contributed by atoms with Gasteiger partial charge in [-0.1, -0.05) is 40.9 Å². The molecule has 0 aromatic heterocycles. The number of hydrogen-bond donors (Lipinski definition) is 1. The van der Waals surface area contributed by atoms with E-state index >= 15 is 0 Å². The molecular weight excluding hydrogens is 335 g/mol. The van der Waals surface area contributed by atoms with Gasteiger partial charge in [0, 0.05) is 11.1 Å². The third-order valence-corrected chi connectivity index (χ3v) is 3.31. The molecular formula is C15H9Cl3O3. The summed E-state index contributed by atoms with van der Waals surface area (Å²) in [6.45, 7) is 0. The molecule has 108 valence electrons. The van der Waals surface area contributed by atoms with Crippen LogP contribution in [0.3, 0.4) is 0 Å². The molecule has 0 amide bonds. The number of hydrogen-bond acceptors (Lipinski definition) is 2. The Labute approximate surface area is 136 Å². The Bertz CT molecular complexity index is 711. The van der Waals surface area contributed by atoms with Gasteiger partial charge in [0.1, 0.15) is 11.5 Å². The summed E-state index contributed by atoms with van der Waals surface area (Å²) in [6.07, 6.45) is 2.47. The van der Waals surface area contributed by atoms with E-state index in [1.54, 1.807) is 36.4 Å². The zero-order valence-corrected chi connectivity index (χ0v) is 12.8. The number of carboxylic acid groups (broad SMARTS) is 1. The quantitative estimate of drug-likeness (QED) is 0.742. The standard InChI is InChI=1S/C15H9Cl3O3/c16-10-3-5-14(12(18)8-10)21-13-4-1-9(7-11(13)17)2-6-15(19)20/h1-8H,(H,19,20)/b6-2+. The predicted molar refractivity (Wildman–Crippen MR) is 84.7 cm³/mol. The molecule has 0 unspecified atom stereocenters. The summed E-state index contributed by atoms with van der Waals surface area (Å²) in [5.74, 6) is -0.190.